The summed E-state index contributed by atoms with van der Waals surface area (Å²) < 4.78 is 10.4. The molecule has 1 aliphatic rings. The molecule has 3 heteroatoms. The van der Waals surface area contributed by atoms with E-state index in [1.165, 1.54) is 0 Å². The van der Waals surface area contributed by atoms with Gasteiger partial charge in [-0.25, -0.2) is 0 Å². The molecular formula is C11H16O3. The van der Waals surface area contributed by atoms with Gasteiger partial charge in [-0.05, 0) is 18.6 Å². The van der Waals surface area contributed by atoms with Gasteiger partial charge < -0.3 is 14.3 Å². The van der Waals surface area contributed by atoms with Gasteiger partial charge in [-0.1, -0.05) is 0 Å². The molecule has 1 aromatic rings. The molecule has 0 atom stereocenters. The molecule has 0 aromatic carbocycles. The molecule has 0 spiro atoms. The molecule has 0 bridgehead atoms. The minimum atomic E-state index is -0.566. The number of hydrogen-bond acceptors (Lipinski definition) is 3. The molecule has 1 saturated carbocycles. The van der Waals surface area contributed by atoms with Gasteiger partial charge in [0.2, 0.25) is 0 Å². The van der Waals surface area contributed by atoms with Crippen LogP contribution in [0.25, 0.3) is 0 Å². The predicted molar refractivity (Wildman–Crippen MR) is 52.0 cm³/mol. The molecule has 1 aromatic heterocycles. The molecule has 1 N–H and O–H groups in total. The van der Waals surface area contributed by atoms with E-state index >= 15 is 0 Å². The van der Waals surface area contributed by atoms with Crippen LogP contribution in [0.5, 0.6) is 0 Å². The normalized spacial score (nSPS) is 31.4. The fourth-order valence-corrected chi connectivity index (χ4v) is 2.06. The van der Waals surface area contributed by atoms with Crippen LogP contribution in [0.4, 0.5) is 0 Å². The molecule has 0 unspecified atom stereocenters. The lowest BCUT2D eigenvalue weighted by Crippen LogP contribution is -2.49. The van der Waals surface area contributed by atoms with Gasteiger partial charge in [0, 0.05) is 25.9 Å². The van der Waals surface area contributed by atoms with Crippen LogP contribution < -0.4 is 0 Å². The lowest BCUT2D eigenvalue weighted by atomic mass is 9.74. The number of rotatable bonds is 4. The Bertz CT molecular complexity index is 273. The van der Waals surface area contributed by atoms with Crippen molar-refractivity contribution in [3.63, 3.8) is 0 Å². The second kappa shape index (κ2) is 3.75. The van der Waals surface area contributed by atoms with Gasteiger partial charge in [0.15, 0.2) is 0 Å². The van der Waals surface area contributed by atoms with Crippen molar-refractivity contribution >= 4 is 0 Å². The molecule has 0 saturated heterocycles. The molecule has 0 aliphatic heterocycles. The molecule has 0 amide bonds. The van der Waals surface area contributed by atoms with Crippen molar-refractivity contribution in [1.82, 2.24) is 0 Å². The summed E-state index contributed by atoms with van der Waals surface area (Å²) in [6.07, 6.45) is 5.73. The molecule has 1 aliphatic carbocycles. The summed E-state index contributed by atoms with van der Waals surface area (Å²) >= 11 is 0. The molecule has 2 rings (SSSR count). The molecular weight excluding hydrogens is 180 g/mol. The van der Waals surface area contributed by atoms with Gasteiger partial charge >= 0.3 is 0 Å². The van der Waals surface area contributed by atoms with Gasteiger partial charge in [0.1, 0.15) is 0 Å². The highest BCUT2D eigenvalue weighted by Gasteiger charge is 2.43. The van der Waals surface area contributed by atoms with Crippen molar-refractivity contribution in [2.24, 2.45) is 0 Å². The van der Waals surface area contributed by atoms with E-state index in [1.807, 2.05) is 13.0 Å². The van der Waals surface area contributed by atoms with Crippen LogP contribution >= 0.6 is 0 Å². The van der Waals surface area contributed by atoms with E-state index in [1.54, 1.807) is 12.5 Å². The van der Waals surface area contributed by atoms with E-state index < -0.39 is 5.60 Å². The van der Waals surface area contributed by atoms with Crippen molar-refractivity contribution in [1.29, 1.82) is 0 Å². The summed E-state index contributed by atoms with van der Waals surface area (Å²) in [7, 11) is 0. The van der Waals surface area contributed by atoms with E-state index in [9.17, 15) is 5.11 Å². The Balaban J connectivity index is 1.83. The largest absolute Gasteiger partial charge is 0.472 e. The van der Waals surface area contributed by atoms with E-state index in [-0.39, 0.29) is 6.10 Å². The van der Waals surface area contributed by atoms with E-state index in [2.05, 4.69) is 0 Å². The van der Waals surface area contributed by atoms with Crippen LogP contribution in [-0.2, 0) is 11.2 Å². The average molecular weight is 196 g/mol. The summed E-state index contributed by atoms with van der Waals surface area (Å²) in [6, 6.07) is 1.89. The summed E-state index contributed by atoms with van der Waals surface area (Å²) in [5.74, 6) is 0. The predicted octanol–water partition coefficient (Wildman–Crippen LogP) is 1.75. The first kappa shape index (κ1) is 9.74. The zero-order valence-electron chi connectivity index (χ0n) is 8.40. The van der Waals surface area contributed by atoms with Crippen LogP contribution in [0.1, 0.15) is 25.3 Å². The molecule has 1 heterocycles. The minimum absolute atomic E-state index is 0.247. The summed E-state index contributed by atoms with van der Waals surface area (Å²) in [6.45, 7) is 2.71. The third kappa shape index (κ3) is 1.99. The Morgan fingerprint density at radius 2 is 2.43 bits per heavy atom. The maximum absolute atomic E-state index is 10.1. The van der Waals surface area contributed by atoms with Crippen molar-refractivity contribution in [2.45, 2.75) is 37.9 Å². The SMILES string of the molecule is CCOC1CC(O)(Cc2ccoc2)C1. The van der Waals surface area contributed by atoms with Crippen molar-refractivity contribution in [3.8, 4) is 0 Å². The van der Waals surface area contributed by atoms with Crippen LogP contribution in [0.3, 0.4) is 0 Å². The lowest BCUT2D eigenvalue weighted by molar-refractivity contribution is -0.136. The van der Waals surface area contributed by atoms with Crippen LogP contribution in [0.2, 0.25) is 0 Å². The smallest absolute Gasteiger partial charge is 0.0935 e. The van der Waals surface area contributed by atoms with E-state index in [0.717, 1.165) is 25.0 Å². The summed E-state index contributed by atoms with van der Waals surface area (Å²) in [4.78, 5) is 0. The van der Waals surface area contributed by atoms with E-state index in [0.29, 0.717) is 6.42 Å². The third-order valence-corrected chi connectivity index (χ3v) is 2.73. The second-order valence-electron chi connectivity index (χ2n) is 4.02. The number of furan rings is 1. The van der Waals surface area contributed by atoms with Gasteiger partial charge in [-0.15, -0.1) is 0 Å². The Morgan fingerprint density at radius 1 is 1.64 bits per heavy atom. The minimum Gasteiger partial charge on any atom is -0.472 e. The first-order valence-corrected chi connectivity index (χ1v) is 5.07. The molecule has 3 nitrogen and oxygen atoms in total. The molecule has 1 fully saturated rings. The van der Waals surface area contributed by atoms with Gasteiger partial charge in [-0.3, -0.25) is 0 Å². The van der Waals surface area contributed by atoms with Crippen LogP contribution in [-0.4, -0.2) is 23.4 Å². The molecule has 0 radical (unpaired) electrons. The fourth-order valence-electron chi connectivity index (χ4n) is 2.06. The van der Waals surface area contributed by atoms with Gasteiger partial charge in [0.25, 0.3) is 0 Å². The topological polar surface area (TPSA) is 42.6 Å². The Hall–Kier alpha value is -0.800. The Labute approximate surface area is 83.7 Å². The van der Waals surface area contributed by atoms with Gasteiger partial charge in [0.05, 0.1) is 24.2 Å². The second-order valence-corrected chi connectivity index (χ2v) is 4.02. The fraction of sp³-hybridized carbons (Fsp3) is 0.636. The Kier molecular flexibility index (Phi) is 2.61. The van der Waals surface area contributed by atoms with Crippen molar-refractivity contribution < 1.29 is 14.3 Å². The molecule has 14 heavy (non-hydrogen) atoms. The lowest BCUT2D eigenvalue weighted by Gasteiger charge is -2.43. The zero-order chi connectivity index (χ0) is 10.0. The molecule has 78 valence electrons. The van der Waals surface area contributed by atoms with Crippen molar-refractivity contribution in [2.75, 3.05) is 6.61 Å². The first-order valence-electron chi connectivity index (χ1n) is 5.07. The van der Waals surface area contributed by atoms with Crippen LogP contribution in [0.15, 0.2) is 23.0 Å². The first-order chi connectivity index (χ1) is 6.72. The maximum atomic E-state index is 10.1. The Morgan fingerprint density at radius 3 is 3.00 bits per heavy atom. The van der Waals surface area contributed by atoms with Crippen molar-refractivity contribution in [3.05, 3.63) is 24.2 Å². The monoisotopic (exact) mass is 196 g/mol. The highest BCUT2D eigenvalue weighted by molar-refractivity contribution is 5.12. The van der Waals surface area contributed by atoms with Gasteiger partial charge in [-0.2, -0.15) is 0 Å². The summed E-state index contributed by atoms with van der Waals surface area (Å²) in [5, 5.41) is 10.1. The zero-order valence-corrected chi connectivity index (χ0v) is 8.40. The average Bonchev–Trinajstić information content (AvgIpc) is 2.54. The standard InChI is InChI=1S/C11H16O3/c1-2-14-10-6-11(12,7-10)5-9-3-4-13-8-9/h3-4,8,10,12H,2,5-7H2,1H3. The highest BCUT2D eigenvalue weighted by Crippen LogP contribution is 2.37. The van der Waals surface area contributed by atoms with E-state index in [4.69, 9.17) is 9.15 Å². The number of hydrogen-bond donors (Lipinski definition) is 1. The number of ether oxygens (including phenoxy) is 1. The maximum Gasteiger partial charge on any atom is 0.0935 e. The highest BCUT2D eigenvalue weighted by atomic mass is 16.5. The third-order valence-electron chi connectivity index (χ3n) is 2.73. The quantitative estimate of drug-likeness (QED) is 0.797. The van der Waals surface area contributed by atoms with Crippen LogP contribution in [0, 0.1) is 0 Å². The number of aliphatic hydroxyl groups is 1. The summed E-state index contributed by atoms with van der Waals surface area (Å²) in [5.41, 5.74) is 0.492.